The summed E-state index contributed by atoms with van der Waals surface area (Å²) in [5.41, 5.74) is 1.18. The molecule has 2 heterocycles. The Kier molecular flexibility index (Phi) is 7.19. The monoisotopic (exact) mass is 466 g/mol. The van der Waals surface area contributed by atoms with Crippen molar-refractivity contribution in [2.45, 2.75) is 33.4 Å². The lowest BCUT2D eigenvalue weighted by molar-refractivity contribution is -0.385. The summed E-state index contributed by atoms with van der Waals surface area (Å²) in [6.45, 7) is 4.41. The molecule has 3 aromatic rings. The SMILES string of the molecule is Cc1cc(OCc2ccc(C(=O)NCCCn3nc(C)c(Cl)c3Cl)o2)ccc1[N+](=O)[O-]. The lowest BCUT2D eigenvalue weighted by Gasteiger charge is -2.06. The molecule has 2 aromatic heterocycles. The number of hydrogen-bond acceptors (Lipinski definition) is 6. The molecule has 1 aromatic carbocycles. The van der Waals surface area contributed by atoms with Gasteiger partial charge in [-0.1, -0.05) is 23.2 Å². The van der Waals surface area contributed by atoms with Gasteiger partial charge in [-0.15, -0.1) is 0 Å². The van der Waals surface area contributed by atoms with E-state index < -0.39 is 4.92 Å². The summed E-state index contributed by atoms with van der Waals surface area (Å²) in [6.07, 6.45) is 0.610. The van der Waals surface area contributed by atoms with Gasteiger partial charge < -0.3 is 14.5 Å². The fourth-order valence-corrected chi connectivity index (χ4v) is 3.25. The highest BCUT2D eigenvalue weighted by Gasteiger charge is 2.14. The summed E-state index contributed by atoms with van der Waals surface area (Å²) in [5, 5.41) is 18.7. The van der Waals surface area contributed by atoms with Gasteiger partial charge >= 0.3 is 0 Å². The third-order valence-corrected chi connectivity index (χ3v) is 5.39. The standard InChI is InChI=1S/C20H20Cl2N4O5/c1-12-10-14(4-6-16(12)26(28)29)30-11-15-5-7-17(31-15)20(27)23-8-3-9-25-19(22)18(21)13(2)24-25/h4-7,10H,3,8-9,11H2,1-2H3,(H,23,27). The Balaban J connectivity index is 1.46. The van der Waals surface area contributed by atoms with Gasteiger partial charge in [0.1, 0.15) is 28.3 Å². The van der Waals surface area contributed by atoms with Crippen molar-refractivity contribution in [2.75, 3.05) is 6.54 Å². The zero-order valence-electron chi connectivity index (χ0n) is 16.9. The van der Waals surface area contributed by atoms with Gasteiger partial charge in [-0.3, -0.25) is 19.6 Å². The first kappa shape index (κ1) is 22.6. The molecule has 0 atom stereocenters. The summed E-state index contributed by atoms with van der Waals surface area (Å²) in [6, 6.07) is 7.68. The molecule has 0 radical (unpaired) electrons. The Hall–Kier alpha value is -3.04. The number of nitrogens with zero attached hydrogens (tertiary/aromatic N) is 3. The average molecular weight is 467 g/mol. The normalized spacial score (nSPS) is 10.8. The minimum absolute atomic E-state index is 0.0253. The average Bonchev–Trinajstić information content (AvgIpc) is 3.30. The number of hydrogen-bond donors (Lipinski definition) is 1. The fraction of sp³-hybridized carbons (Fsp3) is 0.300. The first-order valence-electron chi connectivity index (χ1n) is 9.39. The molecule has 0 spiro atoms. The summed E-state index contributed by atoms with van der Waals surface area (Å²) in [5.74, 6) is 0.736. The zero-order chi connectivity index (χ0) is 22.5. The summed E-state index contributed by atoms with van der Waals surface area (Å²) < 4.78 is 12.7. The highest BCUT2D eigenvalue weighted by atomic mass is 35.5. The van der Waals surface area contributed by atoms with E-state index in [4.69, 9.17) is 32.4 Å². The summed E-state index contributed by atoms with van der Waals surface area (Å²) in [7, 11) is 0. The van der Waals surface area contributed by atoms with Crippen LogP contribution >= 0.6 is 23.2 Å². The number of rotatable bonds is 9. The number of amides is 1. The molecule has 1 N–H and O–H groups in total. The number of aryl methyl sites for hydroxylation is 3. The topological polar surface area (TPSA) is 112 Å². The molecule has 0 saturated carbocycles. The van der Waals surface area contributed by atoms with Crippen LogP contribution in [-0.4, -0.2) is 27.2 Å². The van der Waals surface area contributed by atoms with E-state index in [1.165, 1.54) is 12.1 Å². The Bertz CT molecular complexity index is 1110. The summed E-state index contributed by atoms with van der Waals surface area (Å²) in [4.78, 5) is 22.7. The Morgan fingerprint density at radius 1 is 1.29 bits per heavy atom. The second-order valence-corrected chi connectivity index (χ2v) is 7.52. The van der Waals surface area contributed by atoms with E-state index in [1.807, 2.05) is 0 Å². The molecule has 3 rings (SSSR count). The van der Waals surface area contributed by atoms with E-state index in [9.17, 15) is 14.9 Å². The second kappa shape index (κ2) is 9.84. The predicted octanol–water partition coefficient (Wildman–Crippen LogP) is 4.71. The second-order valence-electron chi connectivity index (χ2n) is 6.78. The van der Waals surface area contributed by atoms with Crippen LogP contribution in [0.3, 0.4) is 0 Å². The van der Waals surface area contributed by atoms with Gasteiger partial charge in [0.05, 0.1) is 10.6 Å². The number of nitrogens with one attached hydrogen (secondary N) is 1. The molecule has 0 aliphatic carbocycles. The van der Waals surface area contributed by atoms with Gasteiger partial charge in [0.2, 0.25) is 0 Å². The molecule has 0 fully saturated rings. The number of ether oxygens (including phenoxy) is 1. The lowest BCUT2D eigenvalue weighted by Crippen LogP contribution is -2.25. The van der Waals surface area contributed by atoms with Gasteiger partial charge in [0.15, 0.2) is 5.76 Å². The van der Waals surface area contributed by atoms with Crippen molar-refractivity contribution in [3.8, 4) is 5.75 Å². The van der Waals surface area contributed by atoms with Crippen LogP contribution in [0.15, 0.2) is 34.7 Å². The van der Waals surface area contributed by atoms with Crippen LogP contribution in [0, 0.1) is 24.0 Å². The highest BCUT2D eigenvalue weighted by Crippen LogP contribution is 2.25. The number of benzene rings is 1. The molecule has 9 nitrogen and oxygen atoms in total. The number of nitro benzene ring substituents is 1. The molecule has 0 aliphatic rings. The fourth-order valence-electron chi connectivity index (χ4n) is 2.85. The maximum absolute atomic E-state index is 12.2. The van der Waals surface area contributed by atoms with Crippen LogP contribution in [0.5, 0.6) is 5.75 Å². The van der Waals surface area contributed by atoms with E-state index in [0.29, 0.717) is 52.5 Å². The van der Waals surface area contributed by atoms with Crippen LogP contribution < -0.4 is 10.1 Å². The molecule has 0 saturated heterocycles. The largest absolute Gasteiger partial charge is 0.486 e. The Morgan fingerprint density at radius 2 is 2.06 bits per heavy atom. The third-order valence-electron chi connectivity index (χ3n) is 4.46. The third kappa shape index (κ3) is 5.56. The molecule has 31 heavy (non-hydrogen) atoms. The van der Waals surface area contributed by atoms with Crippen molar-refractivity contribution in [2.24, 2.45) is 0 Å². The number of carbonyl (C=O) groups is 1. The van der Waals surface area contributed by atoms with Crippen LogP contribution in [0.4, 0.5) is 5.69 Å². The van der Waals surface area contributed by atoms with E-state index in [2.05, 4.69) is 10.4 Å². The minimum Gasteiger partial charge on any atom is -0.486 e. The predicted molar refractivity (Wildman–Crippen MR) is 115 cm³/mol. The van der Waals surface area contributed by atoms with Gasteiger partial charge in [0.25, 0.3) is 11.6 Å². The van der Waals surface area contributed by atoms with Crippen LogP contribution in [0.2, 0.25) is 10.2 Å². The maximum Gasteiger partial charge on any atom is 0.286 e. The van der Waals surface area contributed by atoms with E-state index in [1.54, 1.807) is 36.7 Å². The first-order valence-corrected chi connectivity index (χ1v) is 10.1. The van der Waals surface area contributed by atoms with E-state index in [0.717, 1.165) is 0 Å². The number of halogens is 2. The lowest BCUT2D eigenvalue weighted by atomic mass is 10.2. The number of carbonyl (C=O) groups excluding carboxylic acids is 1. The van der Waals surface area contributed by atoms with Crippen molar-refractivity contribution in [1.82, 2.24) is 15.1 Å². The Labute approximate surface area is 188 Å². The van der Waals surface area contributed by atoms with Crippen molar-refractivity contribution in [3.63, 3.8) is 0 Å². The van der Waals surface area contributed by atoms with Crippen molar-refractivity contribution in [3.05, 3.63) is 73.4 Å². The number of nitro groups is 1. The van der Waals surface area contributed by atoms with Crippen molar-refractivity contribution >= 4 is 34.8 Å². The van der Waals surface area contributed by atoms with Gasteiger partial charge in [-0.2, -0.15) is 5.10 Å². The molecular weight excluding hydrogens is 447 g/mol. The quantitative estimate of drug-likeness (QED) is 0.277. The molecule has 0 unspecified atom stereocenters. The highest BCUT2D eigenvalue weighted by molar-refractivity contribution is 6.41. The van der Waals surface area contributed by atoms with Crippen LogP contribution in [-0.2, 0) is 13.2 Å². The van der Waals surface area contributed by atoms with E-state index in [-0.39, 0.29) is 24.0 Å². The first-order chi connectivity index (χ1) is 14.8. The smallest absolute Gasteiger partial charge is 0.286 e. The van der Waals surface area contributed by atoms with Gasteiger partial charge in [-0.05, 0) is 44.5 Å². The maximum atomic E-state index is 12.2. The minimum atomic E-state index is -0.448. The van der Waals surface area contributed by atoms with Crippen LogP contribution in [0.25, 0.3) is 0 Å². The van der Waals surface area contributed by atoms with Gasteiger partial charge in [-0.25, -0.2) is 0 Å². The Morgan fingerprint density at radius 3 is 2.71 bits per heavy atom. The van der Waals surface area contributed by atoms with E-state index >= 15 is 0 Å². The van der Waals surface area contributed by atoms with Gasteiger partial charge in [0, 0.05) is 24.7 Å². The molecule has 0 bridgehead atoms. The molecule has 1 amide bonds. The molecule has 11 heteroatoms. The molecule has 0 aliphatic heterocycles. The molecule has 164 valence electrons. The van der Waals surface area contributed by atoms with Crippen LogP contribution in [0.1, 0.15) is 34.0 Å². The molecular formula is C20H20Cl2N4O5. The zero-order valence-corrected chi connectivity index (χ0v) is 18.4. The van der Waals surface area contributed by atoms with Crippen molar-refractivity contribution in [1.29, 1.82) is 0 Å². The number of aromatic nitrogens is 2. The summed E-state index contributed by atoms with van der Waals surface area (Å²) >= 11 is 12.1. The van der Waals surface area contributed by atoms with Crippen molar-refractivity contribution < 1.29 is 18.9 Å². The number of furan rings is 1.